The Kier molecular flexibility index (Phi) is 5.30. The smallest absolute Gasteiger partial charge is 0.246 e. The maximum absolute atomic E-state index is 12.1. The minimum absolute atomic E-state index is 0.147. The lowest BCUT2D eigenvalue weighted by Crippen LogP contribution is -2.44. The number of hydrogen-bond acceptors (Lipinski definition) is 2. The van der Waals surface area contributed by atoms with Crippen molar-refractivity contribution < 1.29 is 9.59 Å². The Hall–Kier alpha value is -2.10. The summed E-state index contributed by atoms with van der Waals surface area (Å²) in [6.45, 7) is 9.08. The third-order valence-electron chi connectivity index (χ3n) is 2.90. The lowest BCUT2D eigenvalue weighted by Gasteiger charge is -2.26. The van der Waals surface area contributed by atoms with Gasteiger partial charge in [-0.3, -0.25) is 9.59 Å². The largest absolute Gasteiger partial charge is 0.327 e. The molecule has 0 aromatic heterocycles. The van der Waals surface area contributed by atoms with E-state index in [1.54, 1.807) is 13.0 Å². The molecule has 2 amide bonds. The number of anilines is 1. The lowest BCUT2D eigenvalue weighted by atomic mass is 10.2. The molecule has 0 heterocycles. The van der Waals surface area contributed by atoms with Gasteiger partial charge in [-0.1, -0.05) is 23.8 Å². The van der Waals surface area contributed by atoms with Gasteiger partial charge >= 0.3 is 0 Å². The van der Waals surface area contributed by atoms with E-state index in [9.17, 15) is 9.59 Å². The standard InChI is InChI=1S/C15H20N2O2/c1-5-10-17(13(4)18)12(3)15(19)16-14-8-6-11(2)7-9-14/h5-9,12H,1,10H2,2-4H3,(H,16,19). The topological polar surface area (TPSA) is 49.4 Å². The second-order valence-electron chi connectivity index (χ2n) is 4.49. The predicted molar refractivity (Wildman–Crippen MR) is 76.9 cm³/mol. The first-order valence-electron chi connectivity index (χ1n) is 6.21. The average molecular weight is 260 g/mol. The summed E-state index contributed by atoms with van der Waals surface area (Å²) in [5.74, 6) is -0.354. The summed E-state index contributed by atoms with van der Waals surface area (Å²) < 4.78 is 0. The van der Waals surface area contributed by atoms with Crippen LogP contribution in [-0.4, -0.2) is 29.3 Å². The minimum atomic E-state index is -0.531. The van der Waals surface area contributed by atoms with Crippen LogP contribution in [0.5, 0.6) is 0 Å². The molecule has 0 saturated heterocycles. The van der Waals surface area contributed by atoms with Gasteiger partial charge in [0, 0.05) is 19.2 Å². The summed E-state index contributed by atoms with van der Waals surface area (Å²) >= 11 is 0. The molecule has 1 rings (SSSR count). The fourth-order valence-corrected chi connectivity index (χ4v) is 1.72. The highest BCUT2D eigenvalue weighted by atomic mass is 16.2. The molecule has 0 bridgehead atoms. The van der Waals surface area contributed by atoms with Crippen molar-refractivity contribution in [1.29, 1.82) is 0 Å². The van der Waals surface area contributed by atoms with Gasteiger partial charge in [-0.25, -0.2) is 0 Å². The third-order valence-corrected chi connectivity index (χ3v) is 2.90. The maximum Gasteiger partial charge on any atom is 0.246 e. The molecular weight excluding hydrogens is 240 g/mol. The Balaban J connectivity index is 2.73. The molecule has 0 spiro atoms. The van der Waals surface area contributed by atoms with Gasteiger partial charge < -0.3 is 10.2 Å². The molecule has 0 aliphatic rings. The molecule has 4 nitrogen and oxygen atoms in total. The van der Waals surface area contributed by atoms with E-state index < -0.39 is 6.04 Å². The van der Waals surface area contributed by atoms with Gasteiger partial charge in [0.2, 0.25) is 11.8 Å². The summed E-state index contributed by atoms with van der Waals surface area (Å²) in [6, 6.07) is 6.99. The van der Waals surface area contributed by atoms with Gasteiger partial charge in [-0.15, -0.1) is 6.58 Å². The number of nitrogens with one attached hydrogen (secondary N) is 1. The molecular formula is C15H20N2O2. The Morgan fingerprint density at radius 3 is 2.42 bits per heavy atom. The van der Waals surface area contributed by atoms with Gasteiger partial charge in [-0.05, 0) is 26.0 Å². The van der Waals surface area contributed by atoms with Crippen molar-refractivity contribution in [3.8, 4) is 0 Å². The van der Waals surface area contributed by atoms with Crippen molar-refractivity contribution in [2.45, 2.75) is 26.8 Å². The van der Waals surface area contributed by atoms with E-state index in [1.807, 2.05) is 31.2 Å². The van der Waals surface area contributed by atoms with Crippen LogP contribution in [0.25, 0.3) is 0 Å². The third kappa shape index (κ3) is 4.25. The lowest BCUT2D eigenvalue weighted by molar-refractivity contribution is -0.135. The van der Waals surface area contributed by atoms with Crippen molar-refractivity contribution >= 4 is 17.5 Å². The maximum atomic E-state index is 12.1. The molecule has 0 saturated carbocycles. The van der Waals surface area contributed by atoms with E-state index in [4.69, 9.17) is 0 Å². The Morgan fingerprint density at radius 1 is 1.37 bits per heavy atom. The highest BCUT2D eigenvalue weighted by molar-refractivity contribution is 5.96. The zero-order chi connectivity index (χ0) is 14.4. The number of carbonyl (C=O) groups excluding carboxylic acids is 2. The Morgan fingerprint density at radius 2 is 1.95 bits per heavy atom. The Bertz CT molecular complexity index is 466. The SMILES string of the molecule is C=CCN(C(C)=O)C(C)C(=O)Nc1ccc(C)cc1. The monoisotopic (exact) mass is 260 g/mol. The van der Waals surface area contributed by atoms with Crippen molar-refractivity contribution in [3.63, 3.8) is 0 Å². The summed E-state index contributed by atoms with van der Waals surface area (Å²) in [7, 11) is 0. The molecule has 4 heteroatoms. The van der Waals surface area contributed by atoms with Gasteiger partial charge in [0.1, 0.15) is 6.04 Å². The summed E-state index contributed by atoms with van der Waals surface area (Å²) in [4.78, 5) is 25.0. The number of nitrogens with zero attached hydrogens (tertiary/aromatic N) is 1. The molecule has 1 aromatic rings. The molecule has 0 aliphatic heterocycles. The molecule has 1 N–H and O–H groups in total. The predicted octanol–water partition coefficient (Wildman–Crippen LogP) is 2.36. The fraction of sp³-hybridized carbons (Fsp3) is 0.333. The number of carbonyl (C=O) groups is 2. The van der Waals surface area contributed by atoms with Gasteiger partial charge in [0.05, 0.1) is 0 Å². The minimum Gasteiger partial charge on any atom is -0.327 e. The van der Waals surface area contributed by atoms with Crippen LogP contribution < -0.4 is 5.32 Å². The summed E-state index contributed by atoms with van der Waals surface area (Å²) in [6.07, 6.45) is 1.61. The van der Waals surface area contributed by atoms with Crippen LogP contribution in [0.1, 0.15) is 19.4 Å². The summed E-state index contributed by atoms with van der Waals surface area (Å²) in [5.41, 5.74) is 1.85. The van der Waals surface area contributed by atoms with Crippen molar-refractivity contribution in [2.75, 3.05) is 11.9 Å². The van der Waals surface area contributed by atoms with E-state index >= 15 is 0 Å². The van der Waals surface area contributed by atoms with E-state index in [0.717, 1.165) is 11.3 Å². The van der Waals surface area contributed by atoms with E-state index in [0.29, 0.717) is 6.54 Å². The molecule has 19 heavy (non-hydrogen) atoms. The molecule has 102 valence electrons. The number of amides is 2. The van der Waals surface area contributed by atoms with Gasteiger partial charge in [0.25, 0.3) is 0 Å². The number of hydrogen-bond donors (Lipinski definition) is 1. The van der Waals surface area contributed by atoms with Crippen molar-refractivity contribution in [2.24, 2.45) is 0 Å². The van der Waals surface area contributed by atoms with Crippen molar-refractivity contribution in [3.05, 3.63) is 42.5 Å². The molecule has 0 fully saturated rings. The van der Waals surface area contributed by atoms with Crippen LogP contribution >= 0.6 is 0 Å². The van der Waals surface area contributed by atoms with Crippen LogP contribution in [0.15, 0.2) is 36.9 Å². The number of benzene rings is 1. The quantitative estimate of drug-likeness (QED) is 0.826. The first-order valence-corrected chi connectivity index (χ1v) is 6.21. The molecule has 0 radical (unpaired) electrons. The fourth-order valence-electron chi connectivity index (χ4n) is 1.72. The highest BCUT2D eigenvalue weighted by Gasteiger charge is 2.22. The van der Waals surface area contributed by atoms with Crippen LogP contribution in [0.4, 0.5) is 5.69 Å². The zero-order valence-electron chi connectivity index (χ0n) is 11.6. The second-order valence-corrected chi connectivity index (χ2v) is 4.49. The highest BCUT2D eigenvalue weighted by Crippen LogP contribution is 2.10. The average Bonchev–Trinajstić information content (AvgIpc) is 2.37. The second kappa shape index (κ2) is 6.73. The molecule has 1 aromatic carbocycles. The molecule has 1 unspecified atom stereocenters. The van der Waals surface area contributed by atoms with Crippen LogP contribution in [0, 0.1) is 6.92 Å². The van der Waals surface area contributed by atoms with Gasteiger partial charge in [0.15, 0.2) is 0 Å². The summed E-state index contributed by atoms with van der Waals surface area (Å²) in [5, 5.41) is 2.80. The zero-order valence-corrected chi connectivity index (χ0v) is 11.6. The normalized spacial score (nSPS) is 11.5. The van der Waals surface area contributed by atoms with E-state index in [-0.39, 0.29) is 11.8 Å². The molecule has 0 aliphatic carbocycles. The first-order chi connectivity index (χ1) is 8.95. The van der Waals surface area contributed by atoms with Crippen LogP contribution in [0.3, 0.4) is 0 Å². The van der Waals surface area contributed by atoms with Crippen molar-refractivity contribution in [1.82, 2.24) is 4.90 Å². The van der Waals surface area contributed by atoms with E-state index in [1.165, 1.54) is 11.8 Å². The first kappa shape index (κ1) is 15.0. The molecule has 1 atom stereocenters. The van der Waals surface area contributed by atoms with Crippen LogP contribution in [0.2, 0.25) is 0 Å². The van der Waals surface area contributed by atoms with Gasteiger partial charge in [-0.2, -0.15) is 0 Å². The number of aryl methyl sites for hydroxylation is 1. The van der Waals surface area contributed by atoms with E-state index in [2.05, 4.69) is 11.9 Å². The number of rotatable bonds is 5. The van der Waals surface area contributed by atoms with Crippen LogP contribution in [-0.2, 0) is 9.59 Å². The Labute approximate surface area is 114 Å².